The zero-order valence-electron chi connectivity index (χ0n) is 11.3. The van der Waals surface area contributed by atoms with Gasteiger partial charge in [-0.15, -0.1) is 0 Å². The topological polar surface area (TPSA) is 69.1 Å². The Morgan fingerprint density at radius 3 is 3.00 bits per heavy atom. The second kappa shape index (κ2) is 5.76. The molecule has 1 aliphatic heterocycles. The highest BCUT2D eigenvalue weighted by Crippen LogP contribution is 2.27. The lowest BCUT2D eigenvalue weighted by Crippen LogP contribution is -2.24. The number of hydrogen-bond donors (Lipinski definition) is 0. The average Bonchev–Trinajstić information content (AvgIpc) is 2.77. The van der Waals surface area contributed by atoms with E-state index in [-0.39, 0.29) is 11.8 Å². The highest BCUT2D eigenvalue weighted by atomic mass is 16.2. The molecule has 1 heterocycles. The molecule has 5 nitrogen and oxygen atoms in total. The van der Waals surface area contributed by atoms with Gasteiger partial charge in [0.05, 0.1) is 0 Å². The monoisotopic (exact) mass is 258 g/mol. The zero-order chi connectivity index (χ0) is 13.8. The Kier molecular flexibility index (Phi) is 4.07. The summed E-state index contributed by atoms with van der Waals surface area (Å²) in [4.78, 5) is 16.6. The van der Waals surface area contributed by atoms with E-state index in [1.807, 2.05) is 12.1 Å². The fourth-order valence-corrected chi connectivity index (χ4v) is 2.36. The molecular weight excluding hydrogens is 240 g/mol. The van der Waals surface area contributed by atoms with Crippen LogP contribution in [0.25, 0.3) is 10.4 Å². The molecule has 2 rings (SSSR count). The number of carbonyl (C=O) groups excluding carboxylic acids is 1. The summed E-state index contributed by atoms with van der Waals surface area (Å²) in [6.07, 6.45) is 0.463. The maximum atomic E-state index is 12.0. The maximum Gasteiger partial charge on any atom is 0.227 e. The number of amides is 1. The lowest BCUT2D eigenvalue weighted by Gasteiger charge is -2.18. The molecule has 5 heteroatoms. The van der Waals surface area contributed by atoms with Crippen molar-refractivity contribution in [1.29, 1.82) is 0 Å². The summed E-state index contributed by atoms with van der Waals surface area (Å²) < 4.78 is 0. The smallest absolute Gasteiger partial charge is 0.227 e. The summed E-state index contributed by atoms with van der Waals surface area (Å²) in [5.74, 6) is 0.682. The molecule has 0 bridgehead atoms. The standard InChI is InChI=1S/C14H18N4O/c1-10(2)12-4-3-5-13(7-12)18-9-11(6-14(18)19)8-16-17-15/h3-5,7,10-11H,6,8-9H2,1-2H3. The normalized spacial score (nSPS) is 18.8. The molecule has 1 atom stereocenters. The predicted molar refractivity (Wildman–Crippen MR) is 75.0 cm³/mol. The van der Waals surface area contributed by atoms with Gasteiger partial charge in [0.25, 0.3) is 0 Å². The predicted octanol–water partition coefficient (Wildman–Crippen LogP) is 3.47. The lowest BCUT2D eigenvalue weighted by atomic mass is 10.0. The number of carbonyl (C=O) groups is 1. The third-order valence-corrected chi connectivity index (χ3v) is 3.46. The van der Waals surface area contributed by atoms with E-state index < -0.39 is 0 Å². The van der Waals surface area contributed by atoms with Gasteiger partial charge in [-0.2, -0.15) is 0 Å². The van der Waals surface area contributed by atoms with Gasteiger partial charge in [-0.1, -0.05) is 31.1 Å². The van der Waals surface area contributed by atoms with Gasteiger partial charge in [0, 0.05) is 30.1 Å². The summed E-state index contributed by atoms with van der Waals surface area (Å²) >= 11 is 0. The Bertz CT molecular complexity index is 520. The summed E-state index contributed by atoms with van der Waals surface area (Å²) in [6.45, 7) is 5.30. The molecular formula is C14H18N4O. The molecule has 1 unspecified atom stereocenters. The number of nitrogens with zero attached hydrogens (tertiary/aromatic N) is 4. The summed E-state index contributed by atoms with van der Waals surface area (Å²) in [6, 6.07) is 8.09. The van der Waals surface area contributed by atoms with Gasteiger partial charge >= 0.3 is 0 Å². The minimum Gasteiger partial charge on any atom is -0.312 e. The molecule has 1 saturated heterocycles. The van der Waals surface area contributed by atoms with Crippen molar-refractivity contribution in [2.75, 3.05) is 18.0 Å². The second-order valence-corrected chi connectivity index (χ2v) is 5.24. The van der Waals surface area contributed by atoms with Crippen LogP contribution >= 0.6 is 0 Å². The average molecular weight is 258 g/mol. The maximum absolute atomic E-state index is 12.0. The van der Waals surface area contributed by atoms with Crippen molar-refractivity contribution in [3.05, 3.63) is 40.3 Å². The van der Waals surface area contributed by atoms with Crippen molar-refractivity contribution >= 4 is 11.6 Å². The molecule has 1 fully saturated rings. The summed E-state index contributed by atoms with van der Waals surface area (Å²) in [7, 11) is 0. The summed E-state index contributed by atoms with van der Waals surface area (Å²) in [5, 5.41) is 3.56. The van der Waals surface area contributed by atoms with Crippen LogP contribution in [0.1, 0.15) is 31.7 Å². The van der Waals surface area contributed by atoms with E-state index >= 15 is 0 Å². The molecule has 0 N–H and O–H groups in total. The minimum atomic E-state index is 0.110. The van der Waals surface area contributed by atoms with Gasteiger partial charge in [0.15, 0.2) is 0 Å². The Hall–Kier alpha value is -2.00. The van der Waals surface area contributed by atoms with E-state index in [4.69, 9.17) is 5.53 Å². The summed E-state index contributed by atoms with van der Waals surface area (Å²) in [5.41, 5.74) is 10.5. The van der Waals surface area contributed by atoms with Crippen LogP contribution in [0.15, 0.2) is 29.4 Å². The van der Waals surface area contributed by atoms with Gasteiger partial charge < -0.3 is 4.90 Å². The lowest BCUT2D eigenvalue weighted by molar-refractivity contribution is -0.117. The van der Waals surface area contributed by atoms with Crippen molar-refractivity contribution in [1.82, 2.24) is 0 Å². The van der Waals surface area contributed by atoms with Crippen LogP contribution in [-0.4, -0.2) is 19.0 Å². The molecule has 1 amide bonds. The fraction of sp³-hybridized carbons (Fsp3) is 0.500. The molecule has 0 spiro atoms. The highest BCUT2D eigenvalue weighted by molar-refractivity contribution is 5.95. The molecule has 100 valence electrons. The Morgan fingerprint density at radius 2 is 2.32 bits per heavy atom. The quantitative estimate of drug-likeness (QED) is 0.463. The third kappa shape index (κ3) is 3.06. The first-order chi connectivity index (χ1) is 9.11. The third-order valence-electron chi connectivity index (χ3n) is 3.46. The van der Waals surface area contributed by atoms with Gasteiger partial charge in [0.1, 0.15) is 0 Å². The zero-order valence-corrected chi connectivity index (χ0v) is 11.3. The van der Waals surface area contributed by atoms with Crippen LogP contribution in [0.4, 0.5) is 5.69 Å². The molecule has 1 aromatic rings. The first-order valence-corrected chi connectivity index (χ1v) is 6.53. The van der Waals surface area contributed by atoms with Crippen LogP contribution in [0.3, 0.4) is 0 Å². The largest absolute Gasteiger partial charge is 0.312 e. The number of benzene rings is 1. The Labute approximate surface area is 112 Å². The van der Waals surface area contributed by atoms with Crippen LogP contribution in [0.5, 0.6) is 0 Å². The highest BCUT2D eigenvalue weighted by Gasteiger charge is 2.30. The molecule has 0 aliphatic carbocycles. The molecule has 0 aromatic heterocycles. The van der Waals surface area contributed by atoms with Crippen molar-refractivity contribution in [2.45, 2.75) is 26.2 Å². The van der Waals surface area contributed by atoms with Crippen LogP contribution in [0.2, 0.25) is 0 Å². The Balaban J connectivity index is 2.15. The first-order valence-electron chi connectivity index (χ1n) is 6.53. The van der Waals surface area contributed by atoms with Crippen LogP contribution in [-0.2, 0) is 4.79 Å². The van der Waals surface area contributed by atoms with Gasteiger partial charge in [0.2, 0.25) is 5.91 Å². The van der Waals surface area contributed by atoms with Gasteiger partial charge in [-0.3, -0.25) is 4.79 Å². The van der Waals surface area contributed by atoms with E-state index in [1.54, 1.807) is 4.90 Å². The number of rotatable bonds is 4. The first kappa shape index (κ1) is 13.4. The van der Waals surface area contributed by atoms with E-state index in [9.17, 15) is 4.79 Å². The van der Waals surface area contributed by atoms with Crippen molar-refractivity contribution in [2.24, 2.45) is 11.0 Å². The van der Waals surface area contributed by atoms with Crippen molar-refractivity contribution in [3.8, 4) is 0 Å². The number of hydrogen-bond acceptors (Lipinski definition) is 2. The number of azide groups is 1. The molecule has 1 aromatic carbocycles. The van der Waals surface area contributed by atoms with Crippen LogP contribution in [0, 0.1) is 5.92 Å². The minimum absolute atomic E-state index is 0.110. The van der Waals surface area contributed by atoms with Gasteiger partial charge in [-0.25, -0.2) is 0 Å². The van der Waals surface area contributed by atoms with Crippen molar-refractivity contribution < 1.29 is 4.79 Å². The molecule has 0 radical (unpaired) electrons. The van der Waals surface area contributed by atoms with E-state index in [0.717, 1.165) is 5.69 Å². The van der Waals surface area contributed by atoms with Crippen molar-refractivity contribution in [3.63, 3.8) is 0 Å². The molecule has 0 saturated carbocycles. The fourth-order valence-electron chi connectivity index (χ4n) is 2.36. The van der Waals surface area contributed by atoms with Gasteiger partial charge in [-0.05, 0) is 35.1 Å². The van der Waals surface area contributed by atoms with E-state index in [1.165, 1.54) is 5.56 Å². The van der Waals surface area contributed by atoms with Crippen LogP contribution < -0.4 is 4.90 Å². The molecule has 1 aliphatic rings. The molecule has 19 heavy (non-hydrogen) atoms. The second-order valence-electron chi connectivity index (χ2n) is 5.24. The van der Waals surface area contributed by atoms with E-state index in [0.29, 0.717) is 25.4 Å². The Morgan fingerprint density at radius 1 is 1.53 bits per heavy atom. The number of anilines is 1. The van der Waals surface area contributed by atoms with E-state index in [2.05, 4.69) is 36.0 Å². The SMILES string of the molecule is CC(C)c1cccc(N2CC(CN=[N+]=[N-])CC2=O)c1.